The first kappa shape index (κ1) is 21.2. The third-order valence-corrected chi connectivity index (χ3v) is 5.84. The van der Waals surface area contributed by atoms with E-state index in [1.54, 1.807) is 12.1 Å². The molecule has 1 heterocycles. The maximum atomic E-state index is 13.4. The van der Waals surface area contributed by atoms with Crippen LogP contribution in [0.25, 0.3) is 5.69 Å². The average molecular weight is 413 g/mol. The number of halogens is 1. The normalized spacial score (nSPS) is 12.3. The summed E-state index contributed by atoms with van der Waals surface area (Å²) in [6.07, 6.45) is 0.941. The van der Waals surface area contributed by atoms with Crippen LogP contribution in [0.15, 0.2) is 53.7 Å². The second-order valence-corrected chi connectivity index (χ2v) is 8.00. The number of ketones is 1. The molecule has 3 rings (SSSR count). The van der Waals surface area contributed by atoms with E-state index in [-0.39, 0.29) is 23.4 Å². The predicted octanol–water partition coefficient (Wildman–Crippen LogP) is 4.57. The Morgan fingerprint density at radius 2 is 1.76 bits per heavy atom. The second kappa shape index (κ2) is 9.33. The van der Waals surface area contributed by atoms with Crippen LogP contribution in [0.4, 0.5) is 4.39 Å². The molecule has 0 spiro atoms. The molecule has 0 aliphatic carbocycles. The van der Waals surface area contributed by atoms with Crippen LogP contribution in [0.3, 0.4) is 0 Å². The molecule has 1 aromatic heterocycles. The number of hydrogen-bond donors (Lipinski definition) is 0. The first-order valence-electron chi connectivity index (χ1n) is 9.53. The van der Waals surface area contributed by atoms with Gasteiger partial charge in [0.25, 0.3) is 0 Å². The highest BCUT2D eigenvalue weighted by molar-refractivity contribution is 7.99. The molecule has 0 aliphatic heterocycles. The minimum Gasteiger partial charge on any atom is -0.300 e. The van der Waals surface area contributed by atoms with Crippen LogP contribution in [0.1, 0.15) is 41.6 Å². The molecule has 3 aromatic rings. The highest BCUT2D eigenvalue weighted by Crippen LogP contribution is 2.27. The van der Waals surface area contributed by atoms with Gasteiger partial charge in [-0.05, 0) is 57.3 Å². The number of hydrogen-bond acceptors (Lipinski definition) is 5. The summed E-state index contributed by atoms with van der Waals surface area (Å²) in [7, 11) is 3.93. The lowest BCUT2D eigenvalue weighted by atomic mass is 10.1. The summed E-state index contributed by atoms with van der Waals surface area (Å²) in [6, 6.07) is 13.9. The highest BCUT2D eigenvalue weighted by atomic mass is 32.2. The van der Waals surface area contributed by atoms with Gasteiger partial charge in [-0.3, -0.25) is 14.3 Å². The largest absolute Gasteiger partial charge is 0.300 e. The van der Waals surface area contributed by atoms with Crippen LogP contribution >= 0.6 is 11.8 Å². The monoisotopic (exact) mass is 412 g/mol. The smallest absolute Gasteiger partial charge is 0.196 e. The van der Waals surface area contributed by atoms with E-state index in [9.17, 15) is 9.18 Å². The fraction of sp³-hybridized carbons (Fsp3) is 0.318. The fourth-order valence-electron chi connectivity index (χ4n) is 2.85. The van der Waals surface area contributed by atoms with Crippen LogP contribution in [-0.4, -0.2) is 45.3 Å². The van der Waals surface area contributed by atoms with E-state index in [4.69, 9.17) is 0 Å². The zero-order valence-electron chi connectivity index (χ0n) is 17.1. The Bertz CT molecular complexity index is 967. The molecule has 152 valence electrons. The number of carbonyl (C=O) groups is 1. The van der Waals surface area contributed by atoms with Crippen LogP contribution in [0, 0.1) is 5.82 Å². The van der Waals surface area contributed by atoms with Crippen molar-refractivity contribution in [2.45, 2.75) is 31.5 Å². The number of aromatic nitrogens is 3. The molecule has 0 saturated carbocycles. The number of benzene rings is 2. The first-order chi connectivity index (χ1) is 13.9. The maximum Gasteiger partial charge on any atom is 0.196 e. The van der Waals surface area contributed by atoms with Crippen molar-refractivity contribution in [3.8, 4) is 5.69 Å². The number of rotatable bonds is 8. The average Bonchev–Trinajstić information content (AvgIpc) is 3.15. The quantitative estimate of drug-likeness (QED) is 0.401. The molecular formula is C22H25FN4OS. The molecule has 1 atom stereocenters. The van der Waals surface area contributed by atoms with Crippen LogP contribution in [0.2, 0.25) is 0 Å². The summed E-state index contributed by atoms with van der Waals surface area (Å²) in [5.74, 6) is 0.725. The van der Waals surface area contributed by atoms with E-state index in [0.29, 0.717) is 10.7 Å². The minimum atomic E-state index is -0.302. The van der Waals surface area contributed by atoms with Crippen molar-refractivity contribution in [3.63, 3.8) is 0 Å². The molecule has 5 nitrogen and oxygen atoms in total. The standard InChI is InChI=1S/C22H25FN4OS/c1-5-16-6-8-17(9-7-16)20(28)14-29-22-25-24-21(15(2)26(3)4)27(22)19-12-10-18(23)11-13-19/h6-13,15H,5,14H2,1-4H3/t15-/m1/s1. The summed E-state index contributed by atoms with van der Waals surface area (Å²) >= 11 is 1.34. The van der Waals surface area contributed by atoms with Gasteiger partial charge >= 0.3 is 0 Å². The van der Waals surface area contributed by atoms with Gasteiger partial charge < -0.3 is 0 Å². The Hall–Kier alpha value is -2.51. The van der Waals surface area contributed by atoms with Crippen molar-refractivity contribution in [1.82, 2.24) is 19.7 Å². The van der Waals surface area contributed by atoms with Gasteiger partial charge in [-0.25, -0.2) is 4.39 Å². The maximum absolute atomic E-state index is 13.4. The van der Waals surface area contributed by atoms with E-state index in [1.807, 2.05) is 54.8 Å². The Kier molecular flexibility index (Phi) is 6.82. The second-order valence-electron chi connectivity index (χ2n) is 7.05. The van der Waals surface area contributed by atoms with Gasteiger partial charge in [-0.1, -0.05) is 43.0 Å². The van der Waals surface area contributed by atoms with E-state index < -0.39 is 0 Å². The fourth-order valence-corrected chi connectivity index (χ4v) is 3.70. The van der Waals surface area contributed by atoms with E-state index in [0.717, 1.165) is 17.9 Å². The van der Waals surface area contributed by atoms with Crippen molar-refractivity contribution in [2.24, 2.45) is 0 Å². The van der Waals surface area contributed by atoms with E-state index >= 15 is 0 Å². The van der Waals surface area contributed by atoms with Crippen molar-refractivity contribution >= 4 is 17.5 Å². The van der Waals surface area contributed by atoms with Crippen LogP contribution < -0.4 is 0 Å². The molecule has 0 saturated heterocycles. The molecule has 2 aromatic carbocycles. The predicted molar refractivity (Wildman–Crippen MR) is 114 cm³/mol. The Morgan fingerprint density at radius 1 is 1.10 bits per heavy atom. The Balaban J connectivity index is 1.86. The zero-order valence-corrected chi connectivity index (χ0v) is 17.9. The Morgan fingerprint density at radius 3 is 2.34 bits per heavy atom. The molecule has 0 bridgehead atoms. The summed E-state index contributed by atoms with van der Waals surface area (Å²) < 4.78 is 15.3. The first-order valence-corrected chi connectivity index (χ1v) is 10.5. The molecule has 0 radical (unpaired) electrons. The number of carbonyl (C=O) groups excluding carboxylic acids is 1. The lowest BCUT2D eigenvalue weighted by Gasteiger charge is -2.20. The topological polar surface area (TPSA) is 51.0 Å². The number of thioether (sulfide) groups is 1. The number of nitrogens with zero attached hydrogens (tertiary/aromatic N) is 4. The molecule has 0 N–H and O–H groups in total. The molecule has 0 unspecified atom stereocenters. The number of Topliss-reactive ketones (excluding diaryl/α,β-unsaturated/α-hetero) is 1. The third-order valence-electron chi connectivity index (χ3n) is 4.91. The summed E-state index contributed by atoms with van der Waals surface area (Å²) in [4.78, 5) is 14.6. The zero-order chi connectivity index (χ0) is 21.0. The molecule has 0 aliphatic rings. The lowest BCUT2D eigenvalue weighted by Crippen LogP contribution is -2.20. The lowest BCUT2D eigenvalue weighted by molar-refractivity contribution is 0.102. The van der Waals surface area contributed by atoms with Crippen molar-refractivity contribution < 1.29 is 9.18 Å². The third kappa shape index (κ3) is 4.92. The molecular weight excluding hydrogens is 387 g/mol. The SMILES string of the molecule is CCc1ccc(C(=O)CSc2nnc([C@@H](C)N(C)C)n2-c2ccc(F)cc2)cc1. The molecule has 0 amide bonds. The van der Waals surface area contributed by atoms with Crippen LogP contribution in [0.5, 0.6) is 0 Å². The van der Waals surface area contributed by atoms with Gasteiger partial charge in [0, 0.05) is 11.3 Å². The van der Waals surface area contributed by atoms with Crippen molar-refractivity contribution in [1.29, 1.82) is 0 Å². The van der Waals surface area contributed by atoms with Gasteiger partial charge in [-0.2, -0.15) is 0 Å². The Labute approximate surface area is 175 Å². The van der Waals surface area contributed by atoms with Crippen LogP contribution in [-0.2, 0) is 6.42 Å². The van der Waals surface area contributed by atoms with Crippen molar-refractivity contribution in [2.75, 3.05) is 19.8 Å². The summed E-state index contributed by atoms with van der Waals surface area (Å²) in [6.45, 7) is 4.11. The number of aryl methyl sites for hydroxylation is 1. The van der Waals surface area contributed by atoms with E-state index in [1.165, 1.54) is 29.5 Å². The summed E-state index contributed by atoms with van der Waals surface area (Å²) in [5, 5.41) is 9.28. The molecule has 7 heteroatoms. The van der Waals surface area contributed by atoms with Gasteiger partial charge in [-0.15, -0.1) is 10.2 Å². The highest BCUT2D eigenvalue weighted by Gasteiger charge is 2.21. The minimum absolute atomic E-state index is 0.000747. The molecule has 29 heavy (non-hydrogen) atoms. The van der Waals surface area contributed by atoms with Gasteiger partial charge in [0.2, 0.25) is 0 Å². The molecule has 0 fully saturated rings. The van der Waals surface area contributed by atoms with Gasteiger partial charge in [0.05, 0.1) is 11.8 Å². The van der Waals surface area contributed by atoms with Gasteiger partial charge in [0.15, 0.2) is 16.8 Å². The summed E-state index contributed by atoms with van der Waals surface area (Å²) in [5.41, 5.74) is 2.65. The van der Waals surface area contributed by atoms with Crippen molar-refractivity contribution in [3.05, 3.63) is 71.3 Å². The van der Waals surface area contributed by atoms with Gasteiger partial charge in [0.1, 0.15) is 5.82 Å². The van der Waals surface area contributed by atoms with E-state index in [2.05, 4.69) is 17.1 Å².